The zero-order chi connectivity index (χ0) is 11.4. The summed E-state index contributed by atoms with van der Waals surface area (Å²) in [7, 11) is 0. The quantitative estimate of drug-likeness (QED) is 0.705. The van der Waals surface area contributed by atoms with Gasteiger partial charge in [-0.05, 0) is 39.2 Å². The third-order valence-electron chi connectivity index (χ3n) is 3.09. The first-order chi connectivity index (χ1) is 7.81. The molecule has 1 heterocycles. The van der Waals surface area contributed by atoms with E-state index < -0.39 is 0 Å². The molecule has 0 aromatic carbocycles. The number of nitrogens with one attached hydrogen (secondary N) is 1. The van der Waals surface area contributed by atoms with Crippen LogP contribution in [0.25, 0.3) is 0 Å². The average molecular weight is 223 g/mol. The van der Waals surface area contributed by atoms with Crippen LogP contribution in [0.3, 0.4) is 0 Å². The van der Waals surface area contributed by atoms with Gasteiger partial charge in [0.05, 0.1) is 0 Å². The zero-order valence-electron chi connectivity index (χ0n) is 9.98. The van der Waals surface area contributed by atoms with Crippen LogP contribution in [0.2, 0.25) is 0 Å². The lowest BCUT2D eigenvalue weighted by Crippen LogP contribution is -2.24. The molecule has 0 atom stereocenters. The maximum atomic E-state index is 11.7. The molecule has 0 radical (unpaired) electrons. The van der Waals surface area contributed by atoms with Crippen molar-refractivity contribution in [2.75, 3.05) is 6.54 Å². The predicted octanol–water partition coefficient (Wildman–Crippen LogP) is 1.20. The number of hydrogen-bond donors (Lipinski definition) is 1. The summed E-state index contributed by atoms with van der Waals surface area (Å²) in [6.07, 6.45) is 8.68. The maximum absolute atomic E-state index is 11.7. The molecule has 0 amide bonds. The molecule has 0 spiro atoms. The number of rotatable bonds is 7. The van der Waals surface area contributed by atoms with Gasteiger partial charge in [-0.25, -0.2) is 4.79 Å². The lowest BCUT2D eigenvalue weighted by Gasteiger charge is -2.03. The van der Waals surface area contributed by atoms with Gasteiger partial charge in [-0.3, -0.25) is 9.13 Å². The van der Waals surface area contributed by atoms with E-state index in [-0.39, 0.29) is 5.69 Å². The Morgan fingerprint density at radius 2 is 2.06 bits per heavy atom. The summed E-state index contributed by atoms with van der Waals surface area (Å²) in [5.74, 6) is 0. The summed E-state index contributed by atoms with van der Waals surface area (Å²) >= 11 is 0. The molecule has 0 unspecified atom stereocenters. The van der Waals surface area contributed by atoms with Gasteiger partial charge in [0.2, 0.25) is 0 Å². The van der Waals surface area contributed by atoms with E-state index in [1.165, 1.54) is 12.8 Å². The second kappa shape index (κ2) is 5.34. The molecule has 1 fully saturated rings. The van der Waals surface area contributed by atoms with E-state index in [4.69, 9.17) is 0 Å². The number of unbranched alkanes of at least 4 members (excludes halogenated alkanes) is 1. The molecule has 1 aliphatic rings. The molecular weight excluding hydrogens is 202 g/mol. The minimum absolute atomic E-state index is 0.123. The predicted molar refractivity (Wildman–Crippen MR) is 64.6 cm³/mol. The van der Waals surface area contributed by atoms with Gasteiger partial charge in [0.15, 0.2) is 0 Å². The van der Waals surface area contributed by atoms with Gasteiger partial charge >= 0.3 is 5.69 Å². The fourth-order valence-electron chi connectivity index (χ4n) is 1.87. The molecule has 2 rings (SSSR count). The Labute approximate surface area is 96.3 Å². The van der Waals surface area contributed by atoms with Gasteiger partial charge in [0, 0.05) is 31.5 Å². The lowest BCUT2D eigenvalue weighted by molar-refractivity contribution is 0.549. The van der Waals surface area contributed by atoms with Crippen LogP contribution >= 0.6 is 0 Å². The van der Waals surface area contributed by atoms with Gasteiger partial charge in [0.25, 0.3) is 0 Å². The number of imidazole rings is 1. The van der Waals surface area contributed by atoms with Crippen LogP contribution in [0.4, 0.5) is 0 Å². The van der Waals surface area contributed by atoms with E-state index in [0.29, 0.717) is 0 Å². The Morgan fingerprint density at radius 1 is 1.31 bits per heavy atom. The van der Waals surface area contributed by atoms with Crippen molar-refractivity contribution >= 4 is 0 Å². The maximum Gasteiger partial charge on any atom is 0.328 e. The van der Waals surface area contributed by atoms with Crippen LogP contribution in [0.1, 0.15) is 32.6 Å². The molecule has 1 aliphatic carbocycles. The van der Waals surface area contributed by atoms with Crippen molar-refractivity contribution in [2.24, 2.45) is 0 Å². The molecule has 4 nitrogen and oxygen atoms in total. The van der Waals surface area contributed by atoms with Gasteiger partial charge in [-0.1, -0.05) is 0 Å². The first kappa shape index (κ1) is 11.5. The Balaban J connectivity index is 1.67. The van der Waals surface area contributed by atoms with Crippen molar-refractivity contribution in [1.82, 2.24) is 14.5 Å². The third-order valence-corrected chi connectivity index (χ3v) is 3.09. The molecular formula is C12H21N3O. The van der Waals surface area contributed by atoms with Crippen molar-refractivity contribution in [3.05, 3.63) is 22.9 Å². The van der Waals surface area contributed by atoms with Crippen molar-refractivity contribution in [1.29, 1.82) is 0 Å². The second-order valence-electron chi connectivity index (χ2n) is 4.50. The monoisotopic (exact) mass is 223 g/mol. The highest BCUT2D eigenvalue weighted by Crippen LogP contribution is 2.18. The normalized spacial score (nSPS) is 15.6. The largest absolute Gasteiger partial charge is 0.328 e. The summed E-state index contributed by atoms with van der Waals surface area (Å²) in [4.78, 5) is 11.7. The Morgan fingerprint density at radius 3 is 2.69 bits per heavy atom. The van der Waals surface area contributed by atoms with Gasteiger partial charge < -0.3 is 5.32 Å². The van der Waals surface area contributed by atoms with E-state index in [1.54, 1.807) is 9.13 Å². The topological polar surface area (TPSA) is 39.0 Å². The second-order valence-corrected chi connectivity index (χ2v) is 4.50. The smallest absolute Gasteiger partial charge is 0.314 e. The van der Waals surface area contributed by atoms with Crippen LogP contribution in [0.5, 0.6) is 0 Å². The Hall–Kier alpha value is -1.03. The number of hydrogen-bond acceptors (Lipinski definition) is 2. The molecule has 90 valence electrons. The summed E-state index contributed by atoms with van der Waals surface area (Å²) in [5.41, 5.74) is 0.123. The molecule has 4 heteroatoms. The van der Waals surface area contributed by atoms with Crippen LogP contribution < -0.4 is 11.0 Å². The first-order valence-corrected chi connectivity index (χ1v) is 6.30. The molecule has 0 aliphatic heterocycles. The molecule has 1 saturated carbocycles. The van der Waals surface area contributed by atoms with Crippen LogP contribution in [0.15, 0.2) is 17.2 Å². The molecule has 0 saturated heterocycles. The average Bonchev–Trinajstić information content (AvgIpc) is 3.04. The molecule has 1 N–H and O–H groups in total. The number of nitrogens with zero attached hydrogens (tertiary/aromatic N) is 2. The van der Waals surface area contributed by atoms with Crippen molar-refractivity contribution in [3.63, 3.8) is 0 Å². The van der Waals surface area contributed by atoms with Crippen LogP contribution in [0, 0.1) is 0 Å². The molecule has 1 aromatic heterocycles. The zero-order valence-corrected chi connectivity index (χ0v) is 9.98. The van der Waals surface area contributed by atoms with Gasteiger partial charge in [-0.15, -0.1) is 0 Å². The summed E-state index contributed by atoms with van der Waals surface area (Å²) in [6.45, 7) is 4.69. The third kappa shape index (κ3) is 2.98. The minimum atomic E-state index is 0.123. The van der Waals surface area contributed by atoms with E-state index in [9.17, 15) is 4.79 Å². The molecule has 0 bridgehead atoms. The van der Waals surface area contributed by atoms with E-state index >= 15 is 0 Å². The standard InChI is InChI=1S/C12H21N3O/c1-2-14-9-10-15(12(14)16)8-4-3-7-13-11-5-6-11/h9-11,13H,2-8H2,1H3. The van der Waals surface area contributed by atoms with Gasteiger partial charge in [0.1, 0.15) is 0 Å². The summed E-state index contributed by atoms with van der Waals surface area (Å²) in [5, 5.41) is 3.48. The Bertz CT molecular complexity index is 376. The Kier molecular flexibility index (Phi) is 3.83. The highest BCUT2D eigenvalue weighted by molar-refractivity contribution is 4.82. The number of aromatic nitrogens is 2. The lowest BCUT2D eigenvalue weighted by atomic mass is 10.3. The van der Waals surface area contributed by atoms with Crippen LogP contribution in [-0.2, 0) is 13.1 Å². The first-order valence-electron chi connectivity index (χ1n) is 6.30. The van der Waals surface area contributed by atoms with Gasteiger partial charge in [-0.2, -0.15) is 0 Å². The minimum Gasteiger partial charge on any atom is -0.314 e. The molecule has 1 aromatic rings. The van der Waals surface area contributed by atoms with E-state index in [2.05, 4.69) is 5.32 Å². The van der Waals surface area contributed by atoms with Crippen molar-refractivity contribution in [3.8, 4) is 0 Å². The SMILES string of the molecule is CCn1ccn(CCCCNC2CC2)c1=O. The van der Waals surface area contributed by atoms with E-state index in [1.807, 2.05) is 19.3 Å². The van der Waals surface area contributed by atoms with Crippen molar-refractivity contribution < 1.29 is 0 Å². The fourth-order valence-corrected chi connectivity index (χ4v) is 1.87. The highest BCUT2D eigenvalue weighted by Gasteiger charge is 2.19. The van der Waals surface area contributed by atoms with Crippen molar-refractivity contribution in [2.45, 2.75) is 51.7 Å². The fraction of sp³-hybridized carbons (Fsp3) is 0.750. The van der Waals surface area contributed by atoms with E-state index in [0.717, 1.165) is 38.5 Å². The summed E-state index contributed by atoms with van der Waals surface area (Å²) < 4.78 is 3.54. The highest BCUT2D eigenvalue weighted by atomic mass is 16.1. The van der Waals surface area contributed by atoms with Crippen LogP contribution in [-0.4, -0.2) is 21.7 Å². The molecule has 16 heavy (non-hydrogen) atoms. The number of aryl methyl sites for hydroxylation is 2. The summed E-state index contributed by atoms with van der Waals surface area (Å²) in [6, 6.07) is 0.795.